The van der Waals surface area contributed by atoms with Gasteiger partial charge in [-0.3, -0.25) is 0 Å². The van der Waals surface area contributed by atoms with E-state index >= 15 is 0 Å². The Morgan fingerprint density at radius 2 is 2.00 bits per heavy atom. The van der Waals surface area contributed by atoms with Crippen LogP contribution in [0.2, 0.25) is 0 Å². The molecule has 0 nitrogen and oxygen atoms in total. The van der Waals surface area contributed by atoms with Crippen LogP contribution in [-0.4, -0.2) is 6.18 Å². The molecule has 0 amide bonds. The fourth-order valence-corrected chi connectivity index (χ4v) is 0.893. The second-order valence-corrected chi connectivity index (χ2v) is 2.31. The normalized spacial score (nSPS) is 25.1. The Labute approximate surface area is 61.2 Å². The summed E-state index contributed by atoms with van der Waals surface area (Å²) in [6.45, 7) is 0. The summed E-state index contributed by atoms with van der Waals surface area (Å²) in [6.07, 6.45) is -1.29. The first-order chi connectivity index (χ1) is 5.02. The van der Waals surface area contributed by atoms with Crippen LogP contribution in [0.1, 0.15) is 6.42 Å². The van der Waals surface area contributed by atoms with Gasteiger partial charge in [0.15, 0.2) is 0 Å². The summed E-state index contributed by atoms with van der Waals surface area (Å²) in [6, 6.07) is 0. The van der Waals surface area contributed by atoms with Crippen LogP contribution >= 0.6 is 0 Å². The van der Waals surface area contributed by atoms with Crippen molar-refractivity contribution >= 4 is 0 Å². The van der Waals surface area contributed by atoms with Crippen molar-refractivity contribution in [3.05, 3.63) is 24.1 Å². The molecule has 62 valence electrons. The van der Waals surface area contributed by atoms with Gasteiger partial charge >= 0.3 is 6.18 Å². The number of rotatable bonds is 0. The van der Waals surface area contributed by atoms with Gasteiger partial charge in [0, 0.05) is 0 Å². The van der Waals surface area contributed by atoms with E-state index in [9.17, 15) is 17.6 Å². The molecule has 0 aromatic heterocycles. The number of allylic oxidation sites excluding steroid dienone is 4. The zero-order chi connectivity index (χ0) is 8.48. The highest BCUT2D eigenvalue weighted by Gasteiger charge is 2.42. The minimum absolute atomic E-state index is 0.286. The summed E-state index contributed by atoms with van der Waals surface area (Å²) < 4.78 is 48.1. The first kappa shape index (κ1) is 8.30. The summed E-state index contributed by atoms with van der Waals surface area (Å²) in [5.41, 5.74) is 0. The molecular weight excluding hydrogens is 160 g/mol. The Balaban J connectivity index is 2.76. The number of hydrogen-bond acceptors (Lipinski definition) is 0. The fourth-order valence-electron chi connectivity index (χ4n) is 0.893. The average Bonchev–Trinajstić information content (AvgIpc) is 1.86. The Kier molecular flexibility index (Phi) is 2.02. The van der Waals surface area contributed by atoms with E-state index in [1.807, 2.05) is 0 Å². The van der Waals surface area contributed by atoms with Crippen molar-refractivity contribution in [1.29, 1.82) is 0 Å². The highest BCUT2D eigenvalue weighted by molar-refractivity contribution is 5.17. The van der Waals surface area contributed by atoms with Crippen molar-refractivity contribution in [3.8, 4) is 0 Å². The van der Waals surface area contributed by atoms with Crippen LogP contribution in [0.15, 0.2) is 24.1 Å². The average molecular weight is 166 g/mol. The summed E-state index contributed by atoms with van der Waals surface area (Å²) in [7, 11) is 0. The topological polar surface area (TPSA) is 0 Å². The molecule has 0 aromatic carbocycles. The van der Waals surface area contributed by atoms with Gasteiger partial charge in [-0.2, -0.15) is 13.2 Å². The van der Waals surface area contributed by atoms with Crippen molar-refractivity contribution in [2.75, 3.05) is 0 Å². The Morgan fingerprint density at radius 3 is 2.36 bits per heavy atom. The van der Waals surface area contributed by atoms with Crippen LogP contribution in [0.25, 0.3) is 0 Å². The zero-order valence-electron chi connectivity index (χ0n) is 5.53. The van der Waals surface area contributed by atoms with Crippen LogP contribution in [-0.2, 0) is 0 Å². The molecule has 0 aromatic rings. The molecule has 1 rings (SSSR count). The lowest BCUT2D eigenvalue weighted by Crippen LogP contribution is -2.23. The van der Waals surface area contributed by atoms with Crippen molar-refractivity contribution in [1.82, 2.24) is 0 Å². The van der Waals surface area contributed by atoms with Gasteiger partial charge in [-0.05, 0) is 12.5 Å². The van der Waals surface area contributed by atoms with E-state index in [4.69, 9.17) is 0 Å². The maximum Gasteiger partial charge on any atom is 0.398 e. The molecule has 0 radical (unpaired) electrons. The van der Waals surface area contributed by atoms with Crippen LogP contribution in [0.3, 0.4) is 0 Å². The highest BCUT2D eigenvalue weighted by Crippen LogP contribution is 2.36. The van der Waals surface area contributed by atoms with Crippen molar-refractivity contribution < 1.29 is 17.6 Å². The maximum atomic E-state index is 12.4. The molecule has 0 heterocycles. The van der Waals surface area contributed by atoms with Crippen molar-refractivity contribution in [3.63, 3.8) is 0 Å². The van der Waals surface area contributed by atoms with Gasteiger partial charge in [-0.15, -0.1) is 0 Å². The van der Waals surface area contributed by atoms with Gasteiger partial charge in [-0.25, -0.2) is 4.39 Å². The lowest BCUT2D eigenvalue weighted by atomic mass is 9.99. The SMILES string of the molecule is FC1=CC=CCC1C(F)(F)F. The summed E-state index contributed by atoms with van der Waals surface area (Å²) >= 11 is 0. The van der Waals surface area contributed by atoms with Gasteiger partial charge in [0.25, 0.3) is 0 Å². The largest absolute Gasteiger partial charge is 0.398 e. The standard InChI is InChI=1S/C7H6F4/c8-6-4-2-1-3-5(6)7(9,10)11/h1-2,4-5H,3H2. The third-order valence-corrected chi connectivity index (χ3v) is 1.49. The predicted octanol–water partition coefficient (Wildman–Crippen LogP) is 2.98. The predicted molar refractivity (Wildman–Crippen MR) is 32.5 cm³/mol. The summed E-state index contributed by atoms with van der Waals surface area (Å²) in [4.78, 5) is 0. The number of halogens is 4. The lowest BCUT2D eigenvalue weighted by molar-refractivity contribution is -0.167. The molecule has 1 unspecified atom stereocenters. The fraction of sp³-hybridized carbons (Fsp3) is 0.429. The van der Waals surface area contributed by atoms with Gasteiger partial charge in [0.2, 0.25) is 0 Å². The van der Waals surface area contributed by atoms with E-state index in [0.29, 0.717) is 0 Å². The van der Waals surface area contributed by atoms with E-state index in [0.717, 1.165) is 6.08 Å². The van der Waals surface area contributed by atoms with E-state index in [2.05, 4.69) is 0 Å². The Bertz CT molecular complexity index is 199. The van der Waals surface area contributed by atoms with Crippen LogP contribution in [0, 0.1) is 5.92 Å². The quantitative estimate of drug-likeness (QED) is 0.485. The minimum Gasteiger partial charge on any atom is -0.211 e. The third-order valence-electron chi connectivity index (χ3n) is 1.49. The molecule has 1 atom stereocenters. The zero-order valence-corrected chi connectivity index (χ0v) is 5.53. The molecule has 1 aliphatic rings. The Morgan fingerprint density at radius 1 is 1.36 bits per heavy atom. The highest BCUT2D eigenvalue weighted by atomic mass is 19.4. The maximum absolute atomic E-state index is 12.4. The molecule has 0 bridgehead atoms. The summed E-state index contributed by atoms with van der Waals surface area (Å²) in [5.74, 6) is -3.02. The van der Waals surface area contributed by atoms with Gasteiger partial charge < -0.3 is 0 Å². The molecule has 0 N–H and O–H groups in total. The van der Waals surface area contributed by atoms with E-state index in [1.165, 1.54) is 12.2 Å². The molecule has 0 saturated heterocycles. The van der Waals surface area contributed by atoms with Gasteiger partial charge in [0.05, 0.1) is 0 Å². The number of hydrogen-bond donors (Lipinski definition) is 0. The minimum atomic E-state index is -4.45. The van der Waals surface area contributed by atoms with E-state index < -0.39 is 17.9 Å². The summed E-state index contributed by atoms with van der Waals surface area (Å²) in [5, 5.41) is 0. The van der Waals surface area contributed by atoms with Crippen molar-refractivity contribution in [2.24, 2.45) is 5.92 Å². The Hall–Kier alpha value is -0.800. The molecule has 11 heavy (non-hydrogen) atoms. The van der Waals surface area contributed by atoms with Gasteiger partial charge in [-0.1, -0.05) is 12.2 Å². The molecular formula is C7H6F4. The van der Waals surface area contributed by atoms with Crippen LogP contribution < -0.4 is 0 Å². The molecule has 0 spiro atoms. The molecule has 0 fully saturated rings. The first-order valence-corrected chi connectivity index (χ1v) is 3.11. The molecule has 4 heteroatoms. The van der Waals surface area contributed by atoms with E-state index in [1.54, 1.807) is 0 Å². The van der Waals surface area contributed by atoms with E-state index in [-0.39, 0.29) is 6.42 Å². The second kappa shape index (κ2) is 2.68. The first-order valence-electron chi connectivity index (χ1n) is 3.11. The third kappa shape index (κ3) is 1.82. The monoisotopic (exact) mass is 166 g/mol. The lowest BCUT2D eigenvalue weighted by Gasteiger charge is -2.18. The van der Waals surface area contributed by atoms with Crippen molar-refractivity contribution in [2.45, 2.75) is 12.6 Å². The molecule has 1 aliphatic carbocycles. The number of alkyl halides is 3. The smallest absolute Gasteiger partial charge is 0.211 e. The molecule has 0 saturated carbocycles. The van der Waals surface area contributed by atoms with Gasteiger partial charge in [0.1, 0.15) is 11.7 Å². The van der Waals surface area contributed by atoms with Crippen LogP contribution in [0.4, 0.5) is 17.6 Å². The second-order valence-electron chi connectivity index (χ2n) is 2.31. The molecule has 0 aliphatic heterocycles. The van der Waals surface area contributed by atoms with Crippen LogP contribution in [0.5, 0.6) is 0 Å².